The van der Waals surface area contributed by atoms with Crippen LogP contribution in [0.4, 0.5) is 5.69 Å². The Labute approximate surface area is 148 Å². The number of rotatable bonds is 4. The molecule has 1 heterocycles. The van der Waals surface area contributed by atoms with E-state index in [4.69, 9.17) is 0 Å². The summed E-state index contributed by atoms with van der Waals surface area (Å²) >= 11 is 0. The molecule has 2 aromatic carbocycles. The van der Waals surface area contributed by atoms with Crippen LogP contribution in [0.2, 0.25) is 0 Å². The van der Waals surface area contributed by atoms with Crippen LogP contribution in [0.3, 0.4) is 0 Å². The minimum absolute atomic E-state index is 0.0694. The molecule has 0 aliphatic carbocycles. The Bertz CT molecular complexity index is 745. The molecule has 4 nitrogen and oxygen atoms in total. The number of likely N-dealkylation sites (tertiary alicyclic amines) is 1. The van der Waals surface area contributed by atoms with Gasteiger partial charge in [-0.15, -0.1) is 0 Å². The zero-order valence-electron chi connectivity index (χ0n) is 14.8. The summed E-state index contributed by atoms with van der Waals surface area (Å²) < 4.78 is 0. The molecule has 1 saturated heterocycles. The number of anilines is 1. The Kier molecular flexibility index (Phi) is 4.88. The molecule has 2 aromatic rings. The lowest BCUT2D eigenvalue weighted by Gasteiger charge is -2.24. The molecule has 130 valence electrons. The minimum atomic E-state index is -0.634. The third-order valence-electron chi connectivity index (χ3n) is 4.85. The molecule has 3 rings (SSSR count). The Morgan fingerprint density at radius 3 is 2.12 bits per heavy atom. The zero-order valence-corrected chi connectivity index (χ0v) is 14.8. The molecule has 0 aromatic heterocycles. The van der Waals surface area contributed by atoms with Gasteiger partial charge in [-0.05, 0) is 56.5 Å². The van der Waals surface area contributed by atoms with Gasteiger partial charge in [0.15, 0.2) is 0 Å². The Morgan fingerprint density at radius 1 is 0.920 bits per heavy atom. The van der Waals surface area contributed by atoms with Crippen molar-refractivity contribution in [3.05, 3.63) is 65.7 Å². The molecule has 1 aliphatic rings. The second-order valence-corrected chi connectivity index (χ2v) is 7.02. The molecule has 0 bridgehead atoms. The van der Waals surface area contributed by atoms with Crippen LogP contribution in [-0.4, -0.2) is 29.8 Å². The van der Waals surface area contributed by atoms with Gasteiger partial charge < -0.3 is 10.2 Å². The molecule has 0 unspecified atom stereocenters. The standard InChI is InChI=1S/C21H24N2O2/c1-21(2,17-8-4-3-5-9-17)20(25)22-18-12-10-16(11-13-18)19(24)23-14-6-7-15-23/h3-5,8-13H,6-7,14-15H2,1-2H3,(H,22,25). The van der Waals surface area contributed by atoms with Gasteiger partial charge in [-0.1, -0.05) is 30.3 Å². The number of amides is 2. The fraction of sp³-hybridized carbons (Fsp3) is 0.333. The number of benzene rings is 2. The number of hydrogen-bond acceptors (Lipinski definition) is 2. The molecule has 4 heteroatoms. The molecular weight excluding hydrogens is 312 g/mol. The van der Waals surface area contributed by atoms with Gasteiger partial charge in [0.1, 0.15) is 0 Å². The largest absolute Gasteiger partial charge is 0.339 e. The van der Waals surface area contributed by atoms with E-state index in [1.54, 1.807) is 24.3 Å². The first-order valence-electron chi connectivity index (χ1n) is 8.75. The van der Waals surface area contributed by atoms with Gasteiger partial charge in [0.05, 0.1) is 5.41 Å². The van der Waals surface area contributed by atoms with E-state index in [1.807, 2.05) is 49.1 Å². The molecular formula is C21H24N2O2. The lowest BCUT2D eigenvalue weighted by molar-refractivity contribution is -0.120. The Balaban J connectivity index is 1.68. The minimum Gasteiger partial charge on any atom is -0.339 e. The summed E-state index contributed by atoms with van der Waals surface area (Å²) in [4.78, 5) is 26.9. The van der Waals surface area contributed by atoms with Gasteiger partial charge >= 0.3 is 0 Å². The fourth-order valence-electron chi connectivity index (χ4n) is 3.07. The topological polar surface area (TPSA) is 49.4 Å². The van der Waals surface area contributed by atoms with Gasteiger partial charge in [-0.2, -0.15) is 0 Å². The first-order chi connectivity index (χ1) is 12.0. The van der Waals surface area contributed by atoms with Crippen LogP contribution in [0.5, 0.6) is 0 Å². The third kappa shape index (κ3) is 3.73. The van der Waals surface area contributed by atoms with Crippen molar-refractivity contribution in [2.24, 2.45) is 0 Å². The summed E-state index contributed by atoms with van der Waals surface area (Å²) in [6.45, 7) is 5.48. The highest BCUT2D eigenvalue weighted by Gasteiger charge is 2.29. The maximum Gasteiger partial charge on any atom is 0.253 e. The molecule has 0 atom stereocenters. The van der Waals surface area contributed by atoms with Gasteiger partial charge in [-0.25, -0.2) is 0 Å². The van der Waals surface area contributed by atoms with E-state index in [1.165, 1.54) is 0 Å². The van der Waals surface area contributed by atoms with Crippen molar-refractivity contribution < 1.29 is 9.59 Å². The third-order valence-corrected chi connectivity index (χ3v) is 4.85. The van der Waals surface area contributed by atoms with E-state index >= 15 is 0 Å². The van der Waals surface area contributed by atoms with Crippen LogP contribution in [-0.2, 0) is 10.2 Å². The molecule has 0 spiro atoms. The molecule has 2 amide bonds. The highest BCUT2D eigenvalue weighted by molar-refractivity contribution is 5.99. The Morgan fingerprint density at radius 2 is 1.52 bits per heavy atom. The summed E-state index contributed by atoms with van der Waals surface area (Å²) in [6, 6.07) is 16.9. The van der Waals surface area contributed by atoms with Crippen molar-refractivity contribution in [1.82, 2.24) is 4.90 Å². The van der Waals surface area contributed by atoms with Crippen LogP contribution in [0.25, 0.3) is 0 Å². The van der Waals surface area contributed by atoms with E-state index < -0.39 is 5.41 Å². The number of hydrogen-bond donors (Lipinski definition) is 1. The summed E-state index contributed by atoms with van der Waals surface area (Å²) in [6.07, 6.45) is 2.16. The molecule has 25 heavy (non-hydrogen) atoms. The van der Waals surface area contributed by atoms with E-state index in [-0.39, 0.29) is 11.8 Å². The monoisotopic (exact) mass is 336 g/mol. The van der Waals surface area contributed by atoms with Crippen molar-refractivity contribution in [2.75, 3.05) is 18.4 Å². The van der Waals surface area contributed by atoms with E-state index in [0.29, 0.717) is 11.3 Å². The lowest BCUT2D eigenvalue weighted by Crippen LogP contribution is -2.34. The van der Waals surface area contributed by atoms with Crippen molar-refractivity contribution in [1.29, 1.82) is 0 Å². The molecule has 0 saturated carbocycles. The predicted octanol–water partition coefficient (Wildman–Crippen LogP) is 3.84. The van der Waals surface area contributed by atoms with Crippen molar-refractivity contribution in [2.45, 2.75) is 32.1 Å². The maximum absolute atomic E-state index is 12.7. The molecule has 1 N–H and O–H groups in total. The summed E-state index contributed by atoms with van der Waals surface area (Å²) in [5.41, 5.74) is 1.70. The second kappa shape index (κ2) is 7.09. The molecule has 1 fully saturated rings. The zero-order chi connectivity index (χ0) is 17.9. The van der Waals surface area contributed by atoms with Gasteiger partial charge in [-0.3, -0.25) is 9.59 Å². The van der Waals surface area contributed by atoms with E-state index in [9.17, 15) is 9.59 Å². The van der Waals surface area contributed by atoms with Crippen LogP contribution in [0.1, 0.15) is 42.6 Å². The van der Waals surface area contributed by atoms with Gasteiger partial charge in [0.2, 0.25) is 5.91 Å². The SMILES string of the molecule is CC(C)(C(=O)Nc1ccc(C(=O)N2CCCC2)cc1)c1ccccc1. The number of carbonyl (C=O) groups excluding carboxylic acids is 2. The first kappa shape index (κ1) is 17.2. The Hall–Kier alpha value is -2.62. The van der Waals surface area contributed by atoms with Gasteiger partial charge in [0.25, 0.3) is 5.91 Å². The van der Waals surface area contributed by atoms with Crippen molar-refractivity contribution in [3.8, 4) is 0 Å². The van der Waals surface area contributed by atoms with Crippen LogP contribution >= 0.6 is 0 Å². The van der Waals surface area contributed by atoms with Gasteiger partial charge in [0, 0.05) is 24.3 Å². The number of carbonyl (C=O) groups is 2. The number of nitrogens with one attached hydrogen (secondary N) is 1. The summed E-state index contributed by atoms with van der Waals surface area (Å²) in [5.74, 6) is -0.00249. The quantitative estimate of drug-likeness (QED) is 0.922. The average Bonchev–Trinajstić information content (AvgIpc) is 3.17. The highest BCUT2D eigenvalue weighted by Crippen LogP contribution is 2.25. The van der Waals surface area contributed by atoms with Crippen molar-refractivity contribution >= 4 is 17.5 Å². The van der Waals surface area contributed by atoms with E-state index in [2.05, 4.69) is 5.32 Å². The lowest BCUT2D eigenvalue weighted by atomic mass is 9.83. The fourth-order valence-corrected chi connectivity index (χ4v) is 3.07. The van der Waals surface area contributed by atoms with Crippen LogP contribution in [0, 0.1) is 0 Å². The average molecular weight is 336 g/mol. The normalized spacial score (nSPS) is 14.4. The molecule has 0 radical (unpaired) electrons. The second-order valence-electron chi connectivity index (χ2n) is 7.02. The van der Waals surface area contributed by atoms with Crippen LogP contribution in [0.15, 0.2) is 54.6 Å². The summed E-state index contributed by atoms with van der Waals surface area (Å²) in [7, 11) is 0. The smallest absolute Gasteiger partial charge is 0.253 e. The van der Waals surface area contributed by atoms with Crippen molar-refractivity contribution in [3.63, 3.8) is 0 Å². The first-order valence-corrected chi connectivity index (χ1v) is 8.75. The maximum atomic E-state index is 12.7. The highest BCUT2D eigenvalue weighted by atomic mass is 16.2. The van der Waals surface area contributed by atoms with Crippen LogP contribution < -0.4 is 5.32 Å². The number of nitrogens with zero attached hydrogens (tertiary/aromatic N) is 1. The predicted molar refractivity (Wildman–Crippen MR) is 99.7 cm³/mol. The van der Waals surface area contributed by atoms with E-state index in [0.717, 1.165) is 31.5 Å². The summed E-state index contributed by atoms with van der Waals surface area (Å²) in [5, 5.41) is 2.95. The molecule has 1 aliphatic heterocycles.